The molecule has 0 aliphatic carbocycles. The Morgan fingerprint density at radius 1 is 1.31 bits per heavy atom. The van der Waals surface area contributed by atoms with Crippen molar-refractivity contribution in [3.05, 3.63) is 17.7 Å². The maximum absolute atomic E-state index is 12.6. The smallest absolute Gasteiger partial charge is 0.226 e. The Morgan fingerprint density at radius 3 is 2.81 bits per heavy atom. The minimum atomic E-state index is -0.112. The largest absolute Gasteiger partial charge is 0.355 e. The number of aromatic amines is 1. The van der Waals surface area contributed by atoms with Crippen LogP contribution in [0.3, 0.4) is 0 Å². The van der Waals surface area contributed by atoms with E-state index >= 15 is 0 Å². The van der Waals surface area contributed by atoms with Crippen molar-refractivity contribution in [1.82, 2.24) is 25.5 Å². The summed E-state index contributed by atoms with van der Waals surface area (Å²) in [6.45, 7) is 5.76. The molecule has 8 heteroatoms. The molecular weight excluding hydrogens is 350 g/mol. The monoisotopic (exact) mass is 379 g/mol. The highest BCUT2D eigenvalue weighted by molar-refractivity contribution is 7.98. The van der Waals surface area contributed by atoms with Gasteiger partial charge in [0, 0.05) is 49.9 Å². The number of hydrogen-bond donors (Lipinski definition) is 3. The lowest BCUT2D eigenvalue weighted by molar-refractivity contribution is -0.136. The van der Waals surface area contributed by atoms with Crippen molar-refractivity contribution >= 4 is 23.6 Å². The number of hydrogen-bond acceptors (Lipinski definition) is 5. The third kappa shape index (κ3) is 5.01. The van der Waals surface area contributed by atoms with Gasteiger partial charge >= 0.3 is 0 Å². The van der Waals surface area contributed by atoms with Crippen LogP contribution in [-0.4, -0.2) is 65.2 Å². The minimum Gasteiger partial charge on any atom is -0.355 e. The Kier molecular flexibility index (Phi) is 6.96. The van der Waals surface area contributed by atoms with E-state index in [0.717, 1.165) is 48.8 Å². The van der Waals surface area contributed by atoms with E-state index in [0.29, 0.717) is 26.1 Å². The Balaban J connectivity index is 1.36. The summed E-state index contributed by atoms with van der Waals surface area (Å²) in [5.41, 5.74) is 2.17. The van der Waals surface area contributed by atoms with Crippen molar-refractivity contribution in [1.29, 1.82) is 0 Å². The van der Waals surface area contributed by atoms with Gasteiger partial charge in [-0.05, 0) is 26.2 Å². The Labute approximate surface area is 159 Å². The van der Waals surface area contributed by atoms with E-state index in [1.165, 1.54) is 0 Å². The molecule has 0 radical (unpaired) electrons. The van der Waals surface area contributed by atoms with Crippen molar-refractivity contribution < 1.29 is 9.59 Å². The molecule has 7 nitrogen and oxygen atoms in total. The molecule has 0 aromatic carbocycles. The van der Waals surface area contributed by atoms with Gasteiger partial charge in [-0.2, -0.15) is 11.8 Å². The van der Waals surface area contributed by atoms with E-state index in [1.807, 2.05) is 11.8 Å². The number of piperidine rings is 1. The number of likely N-dealkylation sites (tertiary alicyclic amines) is 1. The van der Waals surface area contributed by atoms with Gasteiger partial charge in [-0.3, -0.25) is 9.59 Å². The molecule has 2 fully saturated rings. The van der Waals surface area contributed by atoms with Crippen LogP contribution in [0.4, 0.5) is 0 Å². The summed E-state index contributed by atoms with van der Waals surface area (Å²) in [6, 6.07) is 0. The van der Waals surface area contributed by atoms with E-state index in [4.69, 9.17) is 0 Å². The molecule has 2 saturated heterocycles. The molecule has 3 rings (SSSR count). The van der Waals surface area contributed by atoms with Crippen LogP contribution in [0.1, 0.15) is 30.7 Å². The molecule has 0 bridgehead atoms. The summed E-state index contributed by atoms with van der Waals surface area (Å²) in [4.78, 5) is 34.3. The fourth-order valence-corrected chi connectivity index (χ4v) is 4.49. The van der Waals surface area contributed by atoms with Gasteiger partial charge in [-0.25, -0.2) is 4.98 Å². The first kappa shape index (κ1) is 19.2. The van der Waals surface area contributed by atoms with Gasteiger partial charge in [0.1, 0.15) is 0 Å². The van der Waals surface area contributed by atoms with Crippen molar-refractivity contribution in [2.24, 2.45) is 11.8 Å². The van der Waals surface area contributed by atoms with E-state index < -0.39 is 0 Å². The van der Waals surface area contributed by atoms with Crippen LogP contribution in [0.2, 0.25) is 0 Å². The predicted octanol–water partition coefficient (Wildman–Crippen LogP) is 0.916. The highest BCUT2D eigenvalue weighted by Crippen LogP contribution is 2.21. The number of H-pyrrole nitrogens is 1. The highest BCUT2D eigenvalue weighted by Gasteiger charge is 2.33. The molecule has 3 N–H and O–H groups in total. The van der Waals surface area contributed by atoms with Crippen LogP contribution in [-0.2, 0) is 15.3 Å². The predicted molar refractivity (Wildman–Crippen MR) is 103 cm³/mol. The summed E-state index contributed by atoms with van der Waals surface area (Å²) < 4.78 is 0. The number of thioether (sulfide) groups is 1. The topological polar surface area (TPSA) is 90.1 Å². The van der Waals surface area contributed by atoms with Crippen molar-refractivity contribution in [3.8, 4) is 0 Å². The van der Waals surface area contributed by atoms with Gasteiger partial charge in [0.25, 0.3) is 0 Å². The molecule has 2 amide bonds. The SMILES string of the molecule is Cc1[nH]cnc1CSCCNC(=O)[C@@H]1CNC[C@H](C(=O)N2CCCC2)C1. The number of aromatic nitrogens is 2. The quantitative estimate of drug-likeness (QED) is 0.613. The maximum Gasteiger partial charge on any atom is 0.226 e. The van der Waals surface area contributed by atoms with Crippen LogP contribution >= 0.6 is 11.8 Å². The fourth-order valence-electron chi connectivity index (χ4n) is 3.62. The van der Waals surface area contributed by atoms with E-state index in [2.05, 4.69) is 20.6 Å². The summed E-state index contributed by atoms with van der Waals surface area (Å²) in [5.74, 6) is 1.82. The molecule has 26 heavy (non-hydrogen) atoms. The van der Waals surface area contributed by atoms with Gasteiger partial charge < -0.3 is 20.5 Å². The van der Waals surface area contributed by atoms with Crippen molar-refractivity contribution in [3.63, 3.8) is 0 Å². The second-order valence-corrected chi connectivity index (χ2v) is 8.24. The molecule has 2 aliphatic heterocycles. The number of carbonyl (C=O) groups excluding carboxylic acids is 2. The Hall–Kier alpha value is -1.54. The molecule has 1 aromatic heterocycles. The van der Waals surface area contributed by atoms with Gasteiger partial charge in [0.2, 0.25) is 11.8 Å². The van der Waals surface area contributed by atoms with Gasteiger partial charge in [-0.1, -0.05) is 0 Å². The zero-order valence-electron chi connectivity index (χ0n) is 15.4. The Bertz CT molecular complexity index is 614. The van der Waals surface area contributed by atoms with Gasteiger partial charge in [0.05, 0.1) is 23.9 Å². The lowest BCUT2D eigenvalue weighted by Crippen LogP contribution is -2.49. The first-order valence-electron chi connectivity index (χ1n) is 9.49. The molecule has 144 valence electrons. The van der Waals surface area contributed by atoms with E-state index in [-0.39, 0.29) is 23.7 Å². The summed E-state index contributed by atoms with van der Waals surface area (Å²) in [6.07, 6.45) is 4.58. The van der Waals surface area contributed by atoms with Crippen LogP contribution < -0.4 is 10.6 Å². The first-order chi connectivity index (χ1) is 12.6. The lowest BCUT2D eigenvalue weighted by Gasteiger charge is -2.31. The number of aryl methyl sites for hydroxylation is 1. The van der Waals surface area contributed by atoms with Gasteiger partial charge in [-0.15, -0.1) is 0 Å². The maximum atomic E-state index is 12.6. The third-order valence-electron chi connectivity index (χ3n) is 5.21. The molecule has 2 aliphatic rings. The number of imidazole rings is 1. The van der Waals surface area contributed by atoms with E-state index in [1.54, 1.807) is 18.1 Å². The molecule has 1 aromatic rings. The number of carbonyl (C=O) groups is 2. The van der Waals surface area contributed by atoms with Crippen molar-refractivity contribution in [2.75, 3.05) is 38.5 Å². The molecule has 0 saturated carbocycles. The average Bonchev–Trinajstić information content (AvgIpc) is 3.33. The van der Waals surface area contributed by atoms with Crippen LogP contribution in [0, 0.1) is 18.8 Å². The number of rotatable bonds is 7. The second kappa shape index (κ2) is 9.41. The molecular formula is C18H29N5O2S. The van der Waals surface area contributed by atoms with Crippen LogP contribution in [0.15, 0.2) is 6.33 Å². The van der Waals surface area contributed by atoms with Crippen LogP contribution in [0.5, 0.6) is 0 Å². The first-order valence-corrected chi connectivity index (χ1v) is 10.6. The molecule has 3 heterocycles. The Morgan fingerprint density at radius 2 is 2.08 bits per heavy atom. The normalized spacial score (nSPS) is 23.2. The van der Waals surface area contributed by atoms with Crippen LogP contribution in [0.25, 0.3) is 0 Å². The van der Waals surface area contributed by atoms with Gasteiger partial charge in [0.15, 0.2) is 0 Å². The fraction of sp³-hybridized carbons (Fsp3) is 0.722. The minimum absolute atomic E-state index is 0.0605. The lowest BCUT2D eigenvalue weighted by atomic mass is 9.89. The highest BCUT2D eigenvalue weighted by atomic mass is 32.2. The van der Waals surface area contributed by atoms with E-state index in [9.17, 15) is 9.59 Å². The standard InChI is InChI=1S/C18H29N5O2S/c1-13-16(22-12-21-13)11-26-7-4-20-17(24)14-8-15(10-19-9-14)18(25)23-5-2-3-6-23/h12,14-15,19H,2-11H2,1H3,(H,20,24)(H,21,22)/t14-,15+/m0/s1. The summed E-state index contributed by atoms with van der Waals surface area (Å²) in [5, 5.41) is 6.29. The zero-order valence-corrected chi connectivity index (χ0v) is 16.2. The summed E-state index contributed by atoms with van der Waals surface area (Å²) in [7, 11) is 0. The molecule has 0 spiro atoms. The zero-order chi connectivity index (χ0) is 18.4. The average molecular weight is 380 g/mol. The number of amides is 2. The summed E-state index contributed by atoms with van der Waals surface area (Å²) >= 11 is 1.76. The molecule has 2 atom stereocenters. The van der Waals surface area contributed by atoms with Crippen molar-refractivity contribution in [2.45, 2.75) is 31.9 Å². The third-order valence-corrected chi connectivity index (χ3v) is 6.18. The number of nitrogens with one attached hydrogen (secondary N) is 3. The molecule has 0 unspecified atom stereocenters. The number of nitrogens with zero attached hydrogens (tertiary/aromatic N) is 2. The second-order valence-electron chi connectivity index (χ2n) is 7.14.